The van der Waals surface area contributed by atoms with Crippen molar-refractivity contribution in [3.63, 3.8) is 0 Å². The molecule has 0 bridgehead atoms. The topological polar surface area (TPSA) is 124 Å². The molecule has 4 N–H and O–H groups in total. The van der Waals surface area contributed by atoms with Gasteiger partial charge in [-0.1, -0.05) is 0 Å². The highest BCUT2D eigenvalue weighted by Gasteiger charge is 2.36. The highest BCUT2D eigenvalue weighted by Crippen LogP contribution is 2.31. The average molecular weight is 307 g/mol. The first-order valence-electron chi connectivity index (χ1n) is 6.91. The summed E-state index contributed by atoms with van der Waals surface area (Å²) in [6, 6.07) is 5.48. The molecular weight excluding hydrogens is 290 g/mol. The fourth-order valence-electron chi connectivity index (χ4n) is 2.61. The molecule has 22 heavy (non-hydrogen) atoms. The van der Waals surface area contributed by atoms with Crippen molar-refractivity contribution in [3.8, 4) is 0 Å². The lowest BCUT2D eigenvalue weighted by atomic mass is 10.0. The molecule has 0 aromatic heterocycles. The van der Waals surface area contributed by atoms with Crippen LogP contribution in [0.3, 0.4) is 0 Å². The molecule has 1 amide bonds. The number of aromatic carboxylic acids is 1. The van der Waals surface area contributed by atoms with Crippen LogP contribution in [0, 0.1) is 11.8 Å². The van der Waals surface area contributed by atoms with E-state index in [0.29, 0.717) is 12.0 Å². The van der Waals surface area contributed by atoms with Gasteiger partial charge in [0.15, 0.2) is 0 Å². The lowest BCUT2D eigenvalue weighted by molar-refractivity contribution is -0.141. The van der Waals surface area contributed by atoms with Gasteiger partial charge in [0, 0.05) is 18.0 Å². The van der Waals surface area contributed by atoms with Crippen LogP contribution in [-0.2, 0) is 4.79 Å². The maximum absolute atomic E-state index is 11.9. The summed E-state index contributed by atoms with van der Waals surface area (Å²) < 4.78 is 0. The van der Waals surface area contributed by atoms with E-state index in [4.69, 9.17) is 10.2 Å². The third-order valence-electron chi connectivity index (χ3n) is 3.93. The summed E-state index contributed by atoms with van der Waals surface area (Å²) in [6.45, 7) is 0.185. The Labute approximate surface area is 126 Å². The molecule has 0 aliphatic heterocycles. The fraction of sp³-hybridized carbons (Fsp3) is 0.400. The Balaban J connectivity index is 1.90. The number of carboxylic acid groups (broad SMARTS) is 2. The molecule has 2 rings (SSSR count). The molecule has 1 aliphatic carbocycles. The molecule has 1 saturated carbocycles. The van der Waals surface area contributed by atoms with Crippen molar-refractivity contribution < 1.29 is 29.7 Å². The normalized spacial score (nSPS) is 24.0. The maximum Gasteiger partial charge on any atom is 0.335 e. The number of nitrogens with one attached hydrogen (secondary N) is 1. The van der Waals surface area contributed by atoms with Gasteiger partial charge in [-0.05, 0) is 37.1 Å². The molecule has 1 aliphatic rings. The van der Waals surface area contributed by atoms with Gasteiger partial charge in [-0.3, -0.25) is 9.59 Å². The minimum atomic E-state index is -1.07. The van der Waals surface area contributed by atoms with Crippen LogP contribution in [0.15, 0.2) is 24.3 Å². The third kappa shape index (κ3) is 3.62. The van der Waals surface area contributed by atoms with Crippen molar-refractivity contribution in [2.75, 3.05) is 6.54 Å². The van der Waals surface area contributed by atoms with Gasteiger partial charge in [0.2, 0.25) is 0 Å². The SMILES string of the molecule is O=C(O)c1ccc(C(=O)NC[C@H]2CC(C(=O)O)C[C@H]2O)cc1. The van der Waals surface area contributed by atoms with E-state index in [1.807, 2.05) is 0 Å². The second-order valence-corrected chi connectivity index (χ2v) is 5.43. The predicted molar refractivity (Wildman–Crippen MR) is 75.6 cm³/mol. The van der Waals surface area contributed by atoms with Crippen LogP contribution in [0.25, 0.3) is 0 Å². The summed E-state index contributed by atoms with van der Waals surface area (Å²) in [6.07, 6.45) is -0.214. The fourth-order valence-corrected chi connectivity index (χ4v) is 2.61. The molecule has 0 spiro atoms. The number of aliphatic carboxylic acids is 1. The van der Waals surface area contributed by atoms with Crippen LogP contribution < -0.4 is 5.32 Å². The number of benzene rings is 1. The Morgan fingerprint density at radius 2 is 1.64 bits per heavy atom. The van der Waals surface area contributed by atoms with Gasteiger partial charge < -0.3 is 20.6 Å². The van der Waals surface area contributed by atoms with E-state index in [2.05, 4.69) is 5.32 Å². The first-order valence-corrected chi connectivity index (χ1v) is 6.91. The van der Waals surface area contributed by atoms with E-state index >= 15 is 0 Å². The van der Waals surface area contributed by atoms with E-state index in [9.17, 15) is 19.5 Å². The molecule has 1 aromatic carbocycles. The second-order valence-electron chi connectivity index (χ2n) is 5.43. The minimum Gasteiger partial charge on any atom is -0.481 e. The van der Waals surface area contributed by atoms with Gasteiger partial charge in [-0.2, -0.15) is 0 Å². The molecule has 1 unspecified atom stereocenters. The molecule has 0 heterocycles. The first-order chi connectivity index (χ1) is 10.4. The Hall–Kier alpha value is -2.41. The van der Waals surface area contributed by atoms with E-state index in [1.165, 1.54) is 24.3 Å². The Kier molecular flexibility index (Phi) is 4.77. The lowest BCUT2D eigenvalue weighted by Crippen LogP contribution is -2.32. The third-order valence-corrected chi connectivity index (χ3v) is 3.93. The van der Waals surface area contributed by atoms with Crippen molar-refractivity contribution in [2.45, 2.75) is 18.9 Å². The number of amides is 1. The standard InChI is InChI=1S/C15H17NO6/c17-12-6-10(15(21)22)5-11(12)7-16-13(18)8-1-3-9(4-2-8)14(19)20/h1-4,10-12,17H,5-7H2,(H,16,18)(H,19,20)(H,21,22)/t10?,11-,12-/m1/s1. The van der Waals surface area contributed by atoms with Crippen molar-refractivity contribution in [1.29, 1.82) is 0 Å². The molecular formula is C15H17NO6. The highest BCUT2D eigenvalue weighted by atomic mass is 16.4. The van der Waals surface area contributed by atoms with Gasteiger partial charge in [0.05, 0.1) is 17.6 Å². The zero-order valence-electron chi connectivity index (χ0n) is 11.7. The second kappa shape index (κ2) is 6.57. The molecule has 3 atom stereocenters. The molecule has 1 aromatic rings. The lowest BCUT2D eigenvalue weighted by Gasteiger charge is -2.15. The Morgan fingerprint density at radius 1 is 1.05 bits per heavy atom. The monoisotopic (exact) mass is 307 g/mol. The molecule has 7 nitrogen and oxygen atoms in total. The largest absolute Gasteiger partial charge is 0.481 e. The van der Waals surface area contributed by atoms with Crippen LogP contribution in [0.5, 0.6) is 0 Å². The van der Waals surface area contributed by atoms with Crippen LogP contribution in [0.2, 0.25) is 0 Å². The van der Waals surface area contributed by atoms with E-state index in [1.54, 1.807) is 0 Å². The summed E-state index contributed by atoms with van der Waals surface area (Å²) in [7, 11) is 0. The number of hydrogen-bond acceptors (Lipinski definition) is 4. The molecule has 0 radical (unpaired) electrons. The van der Waals surface area contributed by atoms with Crippen LogP contribution in [-0.4, -0.2) is 45.8 Å². The number of hydrogen-bond donors (Lipinski definition) is 4. The Morgan fingerprint density at radius 3 is 2.14 bits per heavy atom. The smallest absolute Gasteiger partial charge is 0.335 e. The number of aliphatic hydroxyl groups excluding tert-OH is 1. The van der Waals surface area contributed by atoms with Crippen LogP contribution in [0.1, 0.15) is 33.6 Å². The summed E-state index contributed by atoms with van der Waals surface area (Å²) in [5.41, 5.74) is 0.402. The van der Waals surface area contributed by atoms with Crippen molar-refractivity contribution in [3.05, 3.63) is 35.4 Å². The summed E-state index contributed by atoms with van der Waals surface area (Å²) in [5.74, 6) is -3.25. The minimum absolute atomic E-state index is 0.0899. The van der Waals surface area contributed by atoms with E-state index < -0.39 is 24.0 Å². The summed E-state index contributed by atoms with van der Waals surface area (Å²) in [4.78, 5) is 33.6. The van der Waals surface area contributed by atoms with Crippen molar-refractivity contribution in [1.82, 2.24) is 5.32 Å². The highest BCUT2D eigenvalue weighted by molar-refractivity contribution is 5.95. The van der Waals surface area contributed by atoms with Gasteiger partial charge in [0.1, 0.15) is 0 Å². The number of rotatable bonds is 5. The number of carbonyl (C=O) groups excluding carboxylic acids is 1. The summed E-state index contributed by atoms with van der Waals surface area (Å²) >= 11 is 0. The van der Waals surface area contributed by atoms with Gasteiger partial charge in [-0.25, -0.2) is 4.79 Å². The zero-order valence-corrected chi connectivity index (χ0v) is 11.7. The van der Waals surface area contributed by atoms with E-state index in [0.717, 1.165) is 0 Å². The van der Waals surface area contributed by atoms with Gasteiger partial charge in [-0.15, -0.1) is 0 Å². The summed E-state index contributed by atoms with van der Waals surface area (Å²) in [5, 5.41) is 30.2. The number of carboxylic acids is 2. The van der Waals surface area contributed by atoms with Gasteiger partial charge in [0.25, 0.3) is 5.91 Å². The zero-order chi connectivity index (χ0) is 16.3. The molecule has 1 fully saturated rings. The van der Waals surface area contributed by atoms with E-state index in [-0.39, 0.29) is 30.4 Å². The molecule has 7 heteroatoms. The molecule has 0 saturated heterocycles. The van der Waals surface area contributed by atoms with Crippen molar-refractivity contribution in [2.24, 2.45) is 11.8 Å². The average Bonchev–Trinajstić information content (AvgIpc) is 2.86. The Bertz CT molecular complexity index is 582. The van der Waals surface area contributed by atoms with Crippen molar-refractivity contribution >= 4 is 17.8 Å². The van der Waals surface area contributed by atoms with Crippen LogP contribution >= 0.6 is 0 Å². The van der Waals surface area contributed by atoms with Crippen LogP contribution in [0.4, 0.5) is 0 Å². The quantitative estimate of drug-likeness (QED) is 0.631. The maximum atomic E-state index is 11.9. The molecule has 118 valence electrons. The predicted octanol–water partition coefficient (Wildman–Crippen LogP) is 0.586. The first kappa shape index (κ1) is 16.0. The number of carbonyl (C=O) groups is 3. The van der Waals surface area contributed by atoms with Gasteiger partial charge >= 0.3 is 11.9 Å². The number of aliphatic hydroxyl groups is 1.